The van der Waals surface area contributed by atoms with Gasteiger partial charge < -0.3 is 15.0 Å². The number of aromatic amines is 1. The van der Waals surface area contributed by atoms with Crippen LogP contribution >= 0.6 is 11.3 Å². The Morgan fingerprint density at radius 2 is 2.30 bits per heavy atom. The minimum Gasteiger partial charge on any atom is -0.379 e. The predicted molar refractivity (Wildman–Crippen MR) is 80.4 cm³/mol. The van der Waals surface area contributed by atoms with Crippen LogP contribution in [0.25, 0.3) is 10.2 Å². The van der Waals surface area contributed by atoms with Crippen molar-refractivity contribution in [2.24, 2.45) is 0 Å². The molecule has 0 atom stereocenters. The number of nitrogens with one attached hydrogen (secondary N) is 2. The van der Waals surface area contributed by atoms with Crippen molar-refractivity contribution in [1.29, 1.82) is 0 Å². The summed E-state index contributed by atoms with van der Waals surface area (Å²) in [6.45, 7) is 5.38. The van der Waals surface area contributed by atoms with Crippen molar-refractivity contribution in [2.45, 2.75) is 6.42 Å². The number of hydrogen-bond donors (Lipinski definition) is 2. The van der Waals surface area contributed by atoms with Gasteiger partial charge in [-0.2, -0.15) is 0 Å². The number of H-pyrrole nitrogens is 1. The fraction of sp³-hybridized carbons (Fsp3) is 0.500. The van der Waals surface area contributed by atoms with Crippen LogP contribution < -0.4 is 5.32 Å². The van der Waals surface area contributed by atoms with Crippen LogP contribution in [0.1, 0.15) is 16.9 Å². The monoisotopic (exact) mass is 293 g/mol. The number of amides is 1. The highest BCUT2D eigenvalue weighted by molar-refractivity contribution is 7.17. The van der Waals surface area contributed by atoms with Crippen LogP contribution in [0, 0.1) is 0 Å². The first-order chi connectivity index (χ1) is 9.83. The molecule has 3 rings (SSSR count). The lowest BCUT2D eigenvalue weighted by Gasteiger charge is -2.26. The Morgan fingerprint density at radius 1 is 1.45 bits per heavy atom. The van der Waals surface area contributed by atoms with Crippen LogP contribution in [-0.2, 0) is 4.74 Å². The van der Waals surface area contributed by atoms with Crippen molar-refractivity contribution in [3.8, 4) is 0 Å². The van der Waals surface area contributed by atoms with Gasteiger partial charge in [-0.25, -0.2) is 0 Å². The third kappa shape index (κ3) is 3.20. The summed E-state index contributed by atoms with van der Waals surface area (Å²) in [5, 5.41) is 4.98. The number of carbonyl (C=O) groups is 1. The fourth-order valence-electron chi connectivity index (χ4n) is 2.40. The van der Waals surface area contributed by atoms with Gasteiger partial charge in [-0.05, 0) is 30.5 Å². The molecule has 1 aliphatic rings. The molecular weight excluding hydrogens is 274 g/mol. The average Bonchev–Trinajstić information content (AvgIpc) is 3.05. The average molecular weight is 293 g/mol. The van der Waals surface area contributed by atoms with E-state index in [0.717, 1.165) is 49.5 Å². The first-order valence-corrected chi connectivity index (χ1v) is 7.85. The molecule has 1 fully saturated rings. The molecule has 1 saturated heterocycles. The van der Waals surface area contributed by atoms with Crippen LogP contribution in [0.2, 0.25) is 0 Å². The number of nitrogens with zero attached hydrogens (tertiary/aromatic N) is 1. The van der Waals surface area contributed by atoms with E-state index in [2.05, 4.69) is 15.2 Å². The van der Waals surface area contributed by atoms with Crippen LogP contribution in [0.15, 0.2) is 17.5 Å². The van der Waals surface area contributed by atoms with Crippen LogP contribution in [0.5, 0.6) is 0 Å². The SMILES string of the molecule is O=C(NCCCN1CCOCC1)c1cc2sccc2[nH]1. The van der Waals surface area contributed by atoms with Crippen molar-refractivity contribution in [1.82, 2.24) is 15.2 Å². The quantitative estimate of drug-likeness (QED) is 0.825. The van der Waals surface area contributed by atoms with Crippen LogP contribution in [0.4, 0.5) is 0 Å². The van der Waals surface area contributed by atoms with E-state index in [1.54, 1.807) is 11.3 Å². The number of carbonyl (C=O) groups excluding carboxylic acids is 1. The van der Waals surface area contributed by atoms with Crippen molar-refractivity contribution >= 4 is 27.5 Å². The topological polar surface area (TPSA) is 57.4 Å². The fourth-order valence-corrected chi connectivity index (χ4v) is 3.18. The molecule has 1 amide bonds. The zero-order valence-corrected chi connectivity index (χ0v) is 12.2. The Morgan fingerprint density at radius 3 is 3.10 bits per heavy atom. The first kappa shape index (κ1) is 13.6. The summed E-state index contributed by atoms with van der Waals surface area (Å²) in [5.41, 5.74) is 1.69. The number of fused-ring (bicyclic) bond motifs is 1. The van der Waals surface area contributed by atoms with Gasteiger partial charge >= 0.3 is 0 Å². The van der Waals surface area contributed by atoms with Gasteiger partial charge in [0.05, 0.1) is 23.4 Å². The molecule has 2 aromatic heterocycles. The van der Waals surface area contributed by atoms with Gasteiger partial charge in [0.15, 0.2) is 0 Å². The standard InChI is InChI=1S/C14H19N3O2S/c18-14(12-10-13-11(16-12)2-9-20-13)15-3-1-4-17-5-7-19-8-6-17/h2,9-10,16H,1,3-8H2,(H,15,18). The van der Waals surface area contributed by atoms with Gasteiger partial charge in [-0.15, -0.1) is 11.3 Å². The minimum atomic E-state index is -0.0182. The Labute approximate surface area is 121 Å². The van der Waals surface area contributed by atoms with Gasteiger partial charge in [-0.1, -0.05) is 0 Å². The van der Waals surface area contributed by atoms with Crippen molar-refractivity contribution in [3.63, 3.8) is 0 Å². The normalized spacial score (nSPS) is 16.6. The highest BCUT2D eigenvalue weighted by Gasteiger charge is 2.11. The zero-order valence-electron chi connectivity index (χ0n) is 11.4. The van der Waals surface area contributed by atoms with E-state index in [9.17, 15) is 4.79 Å². The molecule has 0 spiro atoms. The van der Waals surface area contributed by atoms with Gasteiger partial charge in [0.2, 0.25) is 0 Å². The van der Waals surface area contributed by atoms with Crippen molar-refractivity contribution < 1.29 is 9.53 Å². The van der Waals surface area contributed by atoms with Gasteiger partial charge in [0, 0.05) is 19.6 Å². The Kier molecular flexibility index (Phi) is 4.34. The Bertz CT molecular complexity index is 543. The van der Waals surface area contributed by atoms with E-state index < -0.39 is 0 Å². The van der Waals surface area contributed by atoms with Crippen LogP contribution in [0.3, 0.4) is 0 Å². The predicted octanol–water partition coefficient (Wildman–Crippen LogP) is 1.68. The largest absolute Gasteiger partial charge is 0.379 e. The molecule has 2 aromatic rings. The molecule has 108 valence electrons. The molecule has 2 N–H and O–H groups in total. The molecule has 20 heavy (non-hydrogen) atoms. The summed E-state index contributed by atoms with van der Waals surface area (Å²) in [6, 6.07) is 3.91. The van der Waals surface area contributed by atoms with Crippen LogP contribution in [-0.4, -0.2) is 55.2 Å². The lowest BCUT2D eigenvalue weighted by Crippen LogP contribution is -2.38. The Balaban J connectivity index is 1.41. The molecule has 0 saturated carbocycles. The molecule has 0 aliphatic carbocycles. The maximum atomic E-state index is 12.0. The van der Waals surface area contributed by atoms with Crippen molar-refractivity contribution in [2.75, 3.05) is 39.4 Å². The number of ether oxygens (including phenoxy) is 1. The molecular formula is C14H19N3O2S. The third-order valence-electron chi connectivity index (χ3n) is 3.52. The third-order valence-corrected chi connectivity index (χ3v) is 4.39. The minimum absolute atomic E-state index is 0.0182. The molecule has 6 heteroatoms. The van der Waals surface area contributed by atoms with E-state index in [4.69, 9.17) is 4.74 Å². The summed E-state index contributed by atoms with van der Waals surface area (Å²) in [7, 11) is 0. The Hall–Kier alpha value is -1.37. The second-order valence-corrected chi connectivity index (χ2v) is 5.89. The van der Waals surface area contributed by atoms with E-state index in [-0.39, 0.29) is 5.91 Å². The molecule has 0 aromatic carbocycles. The number of rotatable bonds is 5. The lowest BCUT2D eigenvalue weighted by molar-refractivity contribution is 0.0374. The number of aromatic nitrogens is 1. The van der Waals surface area contributed by atoms with Gasteiger partial charge in [-0.3, -0.25) is 9.69 Å². The van der Waals surface area contributed by atoms with E-state index in [0.29, 0.717) is 12.2 Å². The molecule has 5 nitrogen and oxygen atoms in total. The number of thiophene rings is 1. The molecule has 3 heterocycles. The van der Waals surface area contributed by atoms with E-state index >= 15 is 0 Å². The molecule has 1 aliphatic heterocycles. The highest BCUT2D eigenvalue weighted by atomic mass is 32.1. The summed E-state index contributed by atoms with van der Waals surface area (Å²) >= 11 is 1.64. The second-order valence-electron chi connectivity index (χ2n) is 4.95. The maximum Gasteiger partial charge on any atom is 0.267 e. The van der Waals surface area contributed by atoms with E-state index in [1.807, 2.05) is 17.5 Å². The molecule has 0 bridgehead atoms. The second kappa shape index (κ2) is 6.39. The lowest BCUT2D eigenvalue weighted by atomic mass is 10.3. The maximum absolute atomic E-state index is 12.0. The van der Waals surface area contributed by atoms with Gasteiger partial charge in [0.25, 0.3) is 5.91 Å². The van der Waals surface area contributed by atoms with Crippen molar-refractivity contribution in [3.05, 3.63) is 23.2 Å². The van der Waals surface area contributed by atoms with E-state index in [1.165, 1.54) is 0 Å². The molecule has 0 radical (unpaired) electrons. The smallest absolute Gasteiger partial charge is 0.267 e. The zero-order chi connectivity index (χ0) is 13.8. The highest BCUT2D eigenvalue weighted by Crippen LogP contribution is 2.21. The van der Waals surface area contributed by atoms with Gasteiger partial charge in [0.1, 0.15) is 5.69 Å². The molecule has 0 unspecified atom stereocenters. The summed E-state index contributed by atoms with van der Waals surface area (Å²) in [6.07, 6.45) is 0.973. The summed E-state index contributed by atoms with van der Waals surface area (Å²) < 4.78 is 6.44. The summed E-state index contributed by atoms with van der Waals surface area (Å²) in [4.78, 5) is 17.5. The number of morpholine rings is 1. The number of hydrogen-bond acceptors (Lipinski definition) is 4. The summed E-state index contributed by atoms with van der Waals surface area (Å²) in [5.74, 6) is -0.0182. The first-order valence-electron chi connectivity index (χ1n) is 6.97.